The van der Waals surface area contributed by atoms with E-state index in [-0.39, 0.29) is 30.8 Å². The van der Waals surface area contributed by atoms with Crippen molar-refractivity contribution >= 4 is 31.8 Å². The third-order valence-electron chi connectivity index (χ3n) is 2.56. The number of ether oxygens (including phenoxy) is 1. The van der Waals surface area contributed by atoms with Gasteiger partial charge in [0, 0.05) is 19.2 Å². The summed E-state index contributed by atoms with van der Waals surface area (Å²) in [5, 5.41) is 0. The highest BCUT2D eigenvalue weighted by Crippen LogP contribution is 2.24. The lowest BCUT2D eigenvalue weighted by Crippen LogP contribution is -2.43. The van der Waals surface area contributed by atoms with Gasteiger partial charge >= 0.3 is 10.2 Å². The molecule has 0 aromatic heterocycles. The molecular weight excluding hydrogens is 346 g/mol. The molecule has 106 valence electrons. The predicted octanol–water partition coefficient (Wildman–Crippen LogP) is 1.72. The Kier molecular flexibility index (Phi) is 4.39. The standard InChI is InChI=1S/C10H11BrF2N2O3S/c11-7-5-9(13)10(6-8(7)12)14-19(16,17)15-1-3-18-4-2-15/h5-6,14H,1-4H2. The molecule has 1 aliphatic heterocycles. The highest BCUT2D eigenvalue weighted by Gasteiger charge is 2.25. The van der Waals surface area contributed by atoms with E-state index in [1.807, 2.05) is 4.72 Å². The first-order chi connectivity index (χ1) is 8.90. The maximum absolute atomic E-state index is 13.6. The summed E-state index contributed by atoms with van der Waals surface area (Å²) in [6.07, 6.45) is 0. The fraction of sp³-hybridized carbons (Fsp3) is 0.400. The van der Waals surface area contributed by atoms with E-state index in [0.717, 1.165) is 16.4 Å². The number of anilines is 1. The van der Waals surface area contributed by atoms with Gasteiger partial charge in [-0.15, -0.1) is 0 Å². The SMILES string of the molecule is O=S(=O)(Nc1cc(F)c(Br)cc1F)N1CCOCC1. The number of morpholine rings is 1. The van der Waals surface area contributed by atoms with E-state index in [0.29, 0.717) is 0 Å². The van der Waals surface area contributed by atoms with Crippen LogP contribution in [0.25, 0.3) is 0 Å². The number of halogens is 3. The third-order valence-corrected chi connectivity index (χ3v) is 4.69. The Balaban J connectivity index is 2.22. The van der Waals surface area contributed by atoms with E-state index in [2.05, 4.69) is 15.9 Å². The summed E-state index contributed by atoms with van der Waals surface area (Å²) in [6, 6.07) is 1.66. The van der Waals surface area contributed by atoms with E-state index in [1.54, 1.807) is 0 Å². The first-order valence-corrected chi connectivity index (χ1v) is 7.63. The predicted molar refractivity (Wildman–Crippen MR) is 69.0 cm³/mol. The zero-order valence-corrected chi connectivity index (χ0v) is 12.1. The molecule has 0 saturated carbocycles. The van der Waals surface area contributed by atoms with Crippen LogP contribution in [0.5, 0.6) is 0 Å². The first kappa shape index (κ1) is 14.6. The fourth-order valence-electron chi connectivity index (χ4n) is 1.59. The molecule has 1 aromatic rings. The molecule has 1 fully saturated rings. The average Bonchev–Trinajstić information content (AvgIpc) is 2.37. The zero-order chi connectivity index (χ0) is 14.0. The minimum Gasteiger partial charge on any atom is -0.379 e. The second-order valence-electron chi connectivity index (χ2n) is 3.86. The van der Waals surface area contributed by atoms with E-state index in [4.69, 9.17) is 4.74 Å². The maximum Gasteiger partial charge on any atom is 0.301 e. The highest BCUT2D eigenvalue weighted by atomic mass is 79.9. The van der Waals surface area contributed by atoms with Gasteiger partial charge in [0.25, 0.3) is 0 Å². The Morgan fingerprint density at radius 3 is 2.47 bits per heavy atom. The van der Waals surface area contributed by atoms with Gasteiger partial charge in [-0.25, -0.2) is 8.78 Å². The van der Waals surface area contributed by atoms with Crippen LogP contribution in [0, 0.1) is 11.6 Å². The van der Waals surface area contributed by atoms with Crippen molar-refractivity contribution in [3.8, 4) is 0 Å². The summed E-state index contributed by atoms with van der Waals surface area (Å²) in [5.74, 6) is -1.61. The zero-order valence-electron chi connectivity index (χ0n) is 9.70. The second kappa shape index (κ2) is 5.70. The maximum atomic E-state index is 13.6. The van der Waals surface area contributed by atoms with Gasteiger partial charge < -0.3 is 4.74 Å². The third kappa shape index (κ3) is 3.41. The monoisotopic (exact) mass is 356 g/mol. The molecule has 1 heterocycles. The van der Waals surface area contributed by atoms with Crippen molar-refractivity contribution in [1.82, 2.24) is 4.31 Å². The van der Waals surface area contributed by atoms with Crippen molar-refractivity contribution < 1.29 is 21.9 Å². The van der Waals surface area contributed by atoms with Crippen molar-refractivity contribution in [3.63, 3.8) is 0 Å². The van der Waals surface area contributed by atoms with Crippen molar-refractivity contribution in [2.24, 2.45) is 0 Å². The number of benzene rings is 1. The molecule has 2 rings (SSSR count). The number of hydrogen-bond donors (Lipinski definition) is 1. The molecule has 0 radical (unpaired) electrons. The molecular formula is C10H11BrF2N2O3S. The van der Waals surface area contributed by atoms with E-state index < -0.39 is 27.5 Å². The van der Waals surface area contributed by atoms with Crippen LogP contribution in [-0.2, 0) is 14.9 Å². The van der Waals surface area contributed by atoms with E-state index >= 15 is 0 Å². The number of hydrogen-bond acceptors (Lipinski definition) is 3. The Hall–Kier alpha value is -0.770. The summed E-state index contributed by atoms with van der Waals surface area (Å²) >= 11 is 2.82. The summed E-state index contributed by atoms with van der Waals surface area (Å²) in [6.45, 7) is 0.905. The van der Waals surface area contributed by atoms with E-state index in [1.165, 1.54) is 0 Å². The molecule has 1 aromatic carbocycles. The summed E-state index contributed by atoms with van der Waals surface area (Å²) in [5.41, 5.74) is -0.424. The molecule has 0 aliphatic carbocycles. The molecule has 0 bridgehead atoms. The molecule has 0 spiro atoms. The molecule has 1 aliphatic rings. The van der Waals surface area contributed by atoms with Gasteiger partial charge in [0.05, 0.1) is 23.4 Å². The Bertz CT molecular complexity index is 576. The highest BCUT2D eigenvalue weighted by molar-refractivity contribution is 9.10. The van der Waals surface area contributed by atoms with Crippen molar-refractivity contribution in [3.05, 3.63) is 28.2 Å². The Labute approximate surface area is 117 Å². The lowest BCUT2D eigenvalue weighted by atomic mass is 10.3. The number of nitrogens with zero attached hydrogens (tertiary/aromatic N) is 1. The van der Waals surface area contributed by atoms with E-state index in [9.17, 15) is 17.2 Å². The molecule has 1 N–H and O–H groups in total. The molecule has 5 nitrogen and oxygen atoms in total. The molecule has 0 amide bonds. The van der Waals surface area contributed by atoms with Crippen LogP contribution in [-0.4, -0.2) is 39.0 Å². The normalized spacial score (nSPS) is 17.4. The average molecular weight is 357 g/mol. The molecule has 1 saturated heterocycles. The summed E-state index contributed by atoms with van der Waals surface area (Å²) in [7, 11) is -3.91. The van der Waals surface area contributed by atoms with Gasteiger partial charge in [0.15, 0.2) is 0 Å². The minimum atomic E-state index is -3.91. The van der Waals surface area contributed by atoms with Crippen molar-refractivity contribution in [2.75, 3.05) is 31.0 Å². The van der Waals surface area contributed by atoms with Crippen LogP contribution in [0.4, 0.5) is 14.5 Å². The molecule has 19 heavy (non-hydrogen) atoms. The minimum absolute atomic E-state index is 0.0701. The van der Waals surface area contributed by atoms with Gasteiger partial charge in [-0.05, 0) is 22.0 Å². The smallest absolute Gasteiger partial charge is 0.301 e. The van der Waals surface area contributed by atoms with Gasteiger partial charge in [-0.2, -0.15) is 12.7 Å². The molecule has 9 heteroatoms. The molecule has 0 unspecified atom stereocenters. The van der Waals surface area contributed by atoms with Gasteiger partial charge in [-0.3, -0.25) is 4.72 Å². The van der Waals surface area contributed by atoms with Crippen LogP contribution in [0.1, 0.15) is 0 Å². The van der Waals surface area contributed by atoms with Crippen LogP contribution in [0.2, 0.25) is 0 Å². The first-order valence-electron chi connectivity index (χ1n) is 5.40. The largest absolute Gasteiger partial charge is 0.379 e. The van der Waals surface area contributed by atoms with Gasteiger partial charge in [0.1, 0.15) is 11.6 Å². The molecule has 0 atom stereocenters. The van der Waals surface area contributed by atoms with Crippen molar-refractivity contribution in [1.29, 1.82) is 0 Å². The van der Waals surface area contributed by atoms with Crippen LogP contribution < -0.4 is 4.72 Å². The quantitative estimate of drug-likeness (QED) is 0.839. The lowest BCUT2D eigenvalue weighted by molar-refractivity contribution is 0.0733. The second-order valence-corrected chi connectivity index (χ2v) is 6.39. The lowest BCUT2D eigenvalue weighted by Gasteiger charge is -2.26. The van der Waals surface area contributed by atoms with Crippen LogP contribution in [0.15, 0.2) is 16.6 Å². The summed E-state index contributed by atoms with van der Waals surface area (Å²) < 4.78 is 58.9. The Morgan fingerprint density at radius 2 is 1.84 bits per heavy atom. The topological polar surface area (TPSA) is 58.6 Å². The fourth-order valence-corrected chi connectivity index (χ4v) is 3.10. The van der Waals surface area contributed by atoms with Gasteiger partial charge in [-0.1, -0.05) is 0 Å². The number of rotatable bonds is 3. The van der Waals surface area contributed by atoms with Crippen molar-refractivity contribution in [2.45, 2.75) is 0 Å². The van der Waals surface area contributed by atoms with Gasteiger partial charge in [0.2, 0.25) is 0 Å². The van der Waals surface area contributed by atoms with Crippen LogP contribution in [0.3, 0.4) is 0 Å². The van der Waals surface area contributed by atoms with Crippen LogP contribution >= 0.6 is 15.9 Å². The summed E-state index contributed by atoms with van der Waals surface area (Å²) in [4.78, 5) is 0. The Morgan fingerprint density at radius 1 is 1.21 bits per heavy atom. The number of nitrogens with one attached hydrogen (secondary N) is 1.